The van der Waals surface area contributed by atoms with E-state index >= 15 is 0 Å². The minimum absolute atomic E-state index is 0.0353. The Balaban J connectivity index is 2.06. The number of carbonyl (C=O) groups is 1. The van der Waals surface area contributed by atoms with Gasteiger partial charge in [-0.15, -0.1) is 0 Å². The Morgan fingerprint density at radius 3 is 2.27 bits per heavy atom. The number of aromatic nitrogens is 5. The van der Waals surface area contributed by atoms with Crippen molar-refractivity contribution >= 4 is 5.97 Å². The van der Waals surface area contributed by atoms with Crippen molar-refractivity contribution in [3.05, 3.63) is 65.8 Å². The molecule has 132 valence electrons. The van der Waals surface area contributed by atoms with Gasteiger partial charge in [-0.3, -0.25) is 0 Å². The van der Waals surface area contributed by atoms with Gasteiger partial charge in [0.1, 0.15) is 0 Å². The molecule has 1 N–H and O–H groups in total. The second kappa shape index (κ2) is 6.51. The Morgan fingerprint density at radius 1 is 0.962 bits per heavy atom. The summed E-state index contributed by atoms with van der Waals surface area (Å²) in [6, 6.07) is 5.41. The van der Waals surface area contributed by atoms with Gasteiger partial charge >= 0.3 is 5.97 Å². The van der Waals surface area contributed by atoms with Crippen LogP contribution in [0.5, 0.6) is 0 Å². The highest BCUT2D eigenvalue weighted by atomic mass is 19.1. The van der Waals surface area contributed by atoms with Crippen molar-refractivity contribution in [2.45, 2.75) is 19.3 Å². The van der Waals surface area contributed by atoms with Crippen molar-refractivity contribution in [2.24, 2.45) is 0 Å². The zero-order chi connectivity index (χ0) is 18.9. The second-order valence-electron chi connectivity index (χ2n) is 5.93. The molecule has 0 aliphatic rings. The first-order chi connectivity index (χ1) is 12.3. The minimum Gasteiger partial charge on any atom is -0.475 e. The fraction of sp³-hybridized carbons (Fsp3) is 0.176. The van der Waals surface area contributed by atoms with Crippen LogP contribution in [-0.2, 0) is 5.41 Å². The van der Waals surface area contributed by atoms with Crippen molar-refractivity contribution in [3.8, 4) is 11.4 Å². The van der Waals surface area contributed by atoms with Gasteiger partial charge in [0.15, 0.2) is 5.82 Å². The molecule has 0 radical (unpaired) electrons. The molecule has 0 spiro atoms. The number of nitrogens with zero attached hydrogens (tertiary/aromatic N) is 5. The predicted molar refractivity (Wildman–Crippen MR) is 86.3 cm³/mol. The Kier molecular flexibility index (Phi) is 4.37. The number of carboxylic acid groups (broad SMARTS) is 1. The zero-order valence-corrected chi connectivity index (χ0v) is 13.8. The van der Waals surface area contributed by atoms with Crippen LogP contribution in [0, 0.1) is 11.9 Å². The third-order valence-corrected chi connectivity index (χ3v) is 3.84. The van der Waals surface area contributed by atoms with E-state index in [9.17, 15) is 13.6 Å². The lowest BCUT2D eigenvalue weighted by Crippen LogP contribution is -2.24. The van der Waals surface area contributed by atoms with Gasteiger partial charge in [-0.05, 0) is 38.1 Å². The number of carboxylic acids is 1. The number of pyridine rings is 1. The summed E-state index contributed by atoms with van der Waals surface area (Å²) in [5.41, 5.74) is 0.0425. The van der Waals surface area contributed by atoms with E-state index in [0.717, 1.165) is 6.07 Å². The number of halogens is 2. The lowest BCUT2D eigenvalue weighted by molar-refractivity contribution is 0.0683. The Labute approximate surface area is 146 Å². The van der Waals surface area contributed by atoms with E-state index in [4.69, 9.17) is 5.11 Å². The van der Waals surface area contributed by atoms with Crippen molar-refractivity contribution in [1.82, 2.24) is 24.9 Å². The molecule has 0 fully saturated rings. The molecule has 0 aliphatic heterocycles. The highest BCUT2D eigenvalue weighted by molar-refractivity contribution is 5.83. The number of rotatable bonds is 4. The molecule has 9 heteroatoms. The fourth-order valence-corrected chi connectivity index (χ4v) is 2.36. The van der Waals surface area contributed by atoms with Gasteiger partial charge in [0, 0.05) is 17.8 Å². The highest BCUT2D eigenvalue weighted by Gasteiger charge is 2.28. The molecule has 0 amide bonds. The SMILES string of the molecule is CC(C)(c1ccnc(C(=O)O)n1)c1ccnc(-c2ccc(F)nc2F)n1. The summed E-state index contributed by atoms with van der Waals surface area (Å²) >= 11 is 0. The second-order valence-corrected chi connectivity index (χ2v) is 5.93. The molecular weight excluding hydrogens is 344 g/mol. The third-order valence-electron chi connectivity index (χ3n) is 3.84. The minimum atomic E-state index is -1.24. The molecule has 0 saturated heterocycles. The largest absolute Gasteiger partial charge is 0.475 e. The van der Waals surface area contributed by atoms with Crippen LogP contribution >= 0.6 is 0 Å². The lowest BCUT2D eigenvalue weighted by Gasteiger charge is -2.23. The van der Waals surface area contributed by atoms with Gasteiger partial charge in [-0.25, -0.2) is 24.7 Å². The van der Waals surface area contributed by atoms with E-state index in [1.54, 1.807) is 26.0 Å². The van der Waals surface area contributed by atoms with Gasteiger partial charge in [-0.2, -0.15) is 13.8 Å². The summed E-state index contributed by atoms with van der Waals surface area (Å²) < 4.78 is 26.9. The first-order valence-electron chi connectivity index (χ1n) is 7.52. The highest BCUT2D eigenvalue weighted by Crippen LogP contribution is 2.30. The van der Waals surface area contributed by atoms with Gasteiger partial charge in [-0.1, -0.05) is 0 Å². The van der Waals surface area contributed by atoms with Crippen LogP contribution in [0.1, 0.15) is 35.9 Å². The molecule has 0 atom stereocenters. The molecule has 0 unspecified atom stereocenters. The van der Waals surface area contributed by atoms with Gasteiger partial charge in [0.25, 0.3) is 0 Å². The number of hydrogen-bond acceptors (Lipinski definition) is 6. The van der Waals surface area contributed by atoms with Gasteiger partial charge < -0.3 is 5.11 Å². The van der Waals surface area contributed by atoms with E-state index in [0.29, 0.717) is 11.4 Å². The van der Waals surface area contributed by atoms with Crippen LogP contribution in [0.25, 0.3) is 11.4 Å². The molecule has 0 aromatic carbocycles. The normalized spacial score (nSPS) is 11.4. The van der Waals surface area contributed by atoms with E-state index in [1.807, 2.05) is 0 Å². The average molecular weight is 357 g/mol. The molecule has 3 rings (SSSR count). The van der Waals surface area contributed by atoms with Gasteiger partial charge in [0.05, 0.1) is 17.0 Å². The van der Waals surface area contributed by atoms with Crippen molar-refractivity contribution in [2.75, 3.05) is 0 Å². The summed E-state index contributed by atoms with van der Waals surface area (Å²) in [6.07, 6.45) is 2.78. The van der Waals surface area contributed by atoms with E-state index in [-0.39, 0.29) is 17.2 Å². The number of aromatic carboxylic acids is 1. The van der Waals surface area contributed by atoms with Crippen LogP contribution in [0.4, 0.5) is 8.78 Å². The molecule has 0 saturated carbocycles. The summed E-state index contributed by atoms with van der Waals surface area (Å²) in [4.78, 5) is 30.3. The van der Waals surface area contributed by atoms with Crippen LogP contribution in [0.2, 0.25) is 0 Å². The first kappa shape index (κ1) is 17.5. The molecule has 0 aliphatic carbocycles. The summed E-state index contributed by atoms with van der Waals surface area (Å²) in [7, 11) is 0. The first-order valence-corrected chi connectivity index (χ1v) is 7.52. The van der Waals surface area contributed by atoms with Gasteiger partial charge in [0.2, 0.25) is 17.7 Å². The maximum absolute atomic E-state index is 13.9. The lowest BCUT2D eigenvalue weighted by atomic mass is 9.85. The fourth-order valence-electron chi connectivity index (χ4n) is 2.36. The summed E-state index contributed by atoms with van der Waals surface area (Å²) in [5.74, 6) is -3.50. The van der Waals surface area contributed by atoms with E-state index < -0.39 is 23.3 Å². The van der Waals surface area contributed by atoms with E-state index in [1.165, 1.54) is 18.5 Å². The Hall–Kier alpha value is -3.36. The van der Waals surface area contributed by atoms with Crippen molar-refractivity contribution in [1.29, 1.82) is 0 Å². The smallest absolute Gasteiger partial charge is 0.373 e. The molecule has 3 heterocycles. The van der Waals surface area contributed by atoms with Crippen molar-refractivity contribution < 1.29 is 18.7 Å². The summed E-state index contributed by atoms with van der Waals surface area (Å²) in [6.45, 7) is 3.57. The van der Waals surface area contributed by atoms with Crippen LogP contribution in [0.3, 0.4) is 0 Å². The van der Waals surface area contributed by atoms with Crippen LogP contribution in [0.15, 0.2) is 36.7 Å². The van der Waals surface area contributed by atoms with Crippen LogP contribution < -0.4 is 0 Å². The quantitative estimate of drug-likeness (QED) is 0.716. The molecule has 3 aromatic heterocycles. The molecule has 3 aromatic rings. The van der Waals surface area contributed by atoms with Crippen LogP contribution in [-0.4, -0.2) is 36.0 Å². The predicted octanol–water partition coefficient (Wildman–Crippen LogP) is 2.63. The topological polar surface area (TPSA) is 102 Å². The molecule has 0 bridgehead atoms. The maximum Gasteiger partial charge on any atom is 0.373 e. The standard InChI is InChI=1S/C17H13F2N5O2/c1-17(2,11-6-8-21-15(23-11)16(25)26)10-5-7-20-14(22-10)9-3-4-12(18)24-13(9)19/h3-8H,1-2H3,(H,25,26). The monoisotopic (exact) mass is 357 g/mol. The molecular formula is C17H13F2N5O2. The average Bonchev–Trinajstić information content (AvgIpc) is 2.62. The number of hydrogen-bond donors (Lipinski definition) is 1. The Bertz CT molecular complexity index is 994. The molecule has 7 nitrogen and oxygen atoms in total. The van der Waals surface area contributed by atoms with Crippen molar-refractivity contribution in [3.63, 3.8) is 0 Å². The summed E-state index contributed by atoms with van der Waals surface area (Å²) in [5, 5.41) is 9.06. The van der Waals surface area contributed by atoms with E-state index in [2.05, 4.69) is 24.9 Å². The Morgan fingerprint density at radius 2 is 1.62 bits per heavy atom. The molecule has 26 heavy (non-hydrogen) atoms. The maximum atomic E-state index is 13.9. The zero-order valence-electron chi connectivity index (χ0n) is 13.8. The third kappa shape index (κ3) is 3.23.